The molecule has 0 bridgehead atoms. The third kappa shape index (κ3) is 11.0. The maximum Gasteiger partial charge on any atom is 0.253 e. The van der Waals surface area contributed by atoms with Crippen LogP contribution < -0.4 is 10.6 Å². The summed E-state index contributed by atoms with van der Waals surface area (Å²) in [5.74, 6) is -2.09. The Morgan fingerprint density at radius 1 is 0.867 bits per heavy atom. The van der Waals surface area contributed by atoms with Crippen LogP contribution in [0.5, 0.6) is 0 Å². The molecular weight excluding hydrogens is 572 g/mol. The number of nitrogens with zero attached hydrogens (tertiary/aromatic N) is 1. The molecular formula is C37H49F2N3O3. The van der Waals surface area contributed by atoms with Crippen LogP contribution in [0.3, 0.4) is 0 Å². The van der Waals surface area contributed by atoms with Crippen LogP contribution in [0.15, 0.2) is 60.7 Å². The lowest BCUT2D eigenvalue weighted by Crippen LogP contribution is -2.52. The van der Waals surface area contributed by atoms with Crippen LogP contribution in [0.1, 0.15) is 90.4 Å². The van der Waals surface area contributed by atoms with Gasteiger partial charge >= 0.3 is 0 Å². The van der Waals surface area contributed by atoms with E-state index >= 15 is 0 Å². The fourth-order valence-corrected chi connectivity index (χ4v) is 5.65. The molecule has 0 spiro atoms. The van der Waals surface area contributed by atoms with Gasteiger partial charge in [0.25, 0.3) is 11.8 Å². The summed E-state index contributed by atoms with van der Waals surface area (Å²) in [6.07, 6.45) is 2.21. The number of hydrogen-bond acceptors (Lipinski definition) is 4. The van der Waals surface area contributed by atoms with E-state index in [1.54, 1.807) is 23.1 Å². The first-order chi connectivity index (χ1) is 21.3. The van der Waals surface area contributed by atoms with E-state index < -0.39 is 29.7 Å². The highest BCUT2D eigenvalue weighted by atomic mass is 19.1. The molecule has 0 heterocycles. The van der Waals surface area contributed by atoms with Gasteiger partial charge in [-0.1, -0.05) is 45.0 Å². The smallest absolute Gasteiger partial charge is 0.253 e. The molecule has 0 aliphatic rings. The molecule has 0 saturated carbocycles. The highest BCUT2D eigenvalue weighted by Crippen LogP contribution is 2.18. The van der Waals surface area contributed by atoms with Crippen LogP contribution in [-0.4, -0.2) is 59.1 Å². The number of benzene rings is 3. The number of β-amino-alcohol motifs (C(OH)–C–C–N with tert-alkyl or cyclic N) is 1. The second-order valence-corrected chi connectivity index (χ2v) is 12.6. The fourth-order valence-electron chi connectivity index (χ4n) is 5.65. The van der Waals surface area contributed by atoms with E-state index in [-0.39, 0.29) is 30.0 Å². The molecule has 3 aromatic carbocycles. The SMILES string of the molecule is CCCN(CCC)C(=O)c1cc(C)cc(C(=O)N[C@@H](Cc2cc(F)cc(F)c2)[C@H](O)CNC(C)(C)Cc2cccc(CC)c2)c1. The molecule has 3 N–H and O–H groups in total. The Balaban J connectivity index is 1.83. The number of aryl methyl sites for hydroxylation is 2. The van der Waals surface area contributed by atoms with Crippen molar-refractivity contribution in [1.29, 1.82) is 0 Å². The van der Waals surface area contributed by atoms with Gasteiger partial charge in [0.05, 0.1) is 12.1 Å². The van der Waals surface area contributed by atoms with Gasteiger partial charge in [-0.05, 0) is 105 Å². The van der Waals surface area contributed by atoms with Crippen LogP contribution in [0.25, 0.3) is 0 Å². The van der Waals surface area contributed by atoms with Crippen molar-refractivity contribution in [3.63, 3.8) is 0 Å². The number of halogens is 2. The van der Waals surface area contributed by atoms with Crippen molar-refractivity contribution in [2.45, 2.75) is 91.3 Å². The average Bonchev–Trinajstić information content (AvgIpc) is 2.98. The summed E-state index contributed by atoms with van der Waals surface area (Å²) in [6.45, 7) is 13.4. The second-order valence-electron chi connectivity index (χ2n) is 12.6. The molecule has 2 atom stereocenters. The Morgan fingerprint density at radius 2 is 1.49 bits per heavy atom. The molecule has 3 aromatic rings. The highest BCUT2D eigenvalue weighted by Gasteiger charge is 2.27. The molecule has 6 nitrogen and oxygen atoms in total. The van der Waals surface area contributed by atoms with Gasteiger partial charge in [0, 0.05) is 42.4 Å². The lowest BCUT2D eigenvalue weighted by atomic mass is 9.92. The summed E-state index contributed by atoms with van der Waals surface area (Å²) in [6, 6.07) is 15.7. The van der Waals surface area contributed by atoms with Crippen molar-refractivity contribution in [1.82, 2.24) is 15.5 Å². The van der Waals surface area contributed by atoms with Crippen molar-refractivity contribution in [2.24, 2.45) is 0 Å². The largest absolute Gasteiger partial charge is 0.390 e. The van der Waals surface area contributed by atoms with Crippen LogP contribution in [0, 0.1) is 18.6 Å². The number of carbonyl (C=O) groups excluding carboxylic acids is 2. The molecule has 8 heteroatoms. The topological polar surface area (TPSA) is 81.7 Å². The molecule has 0 fully saturated rings. The summed E-state index contributed by atoms with van der Waals surface area (Å²) >= 11 is 0. The van der Waals surface area contributed by atoms with E-state index in [9.17, 15) is 23.5 Å². The molecule has 0 unspecified atom stereocenters. The average molecular weight is 622 g/mol. The van der Waals surface area contributed by atoms with Gasteiger partial charge < -0.3 is 20.6 Å². The molecule has 0 aliphatic heterocycles. The highest BCUT2D eigenvalue weighted by molar-refractivity contribution is 6.00. The molecule has 0 aromatic heterocycles. The Bertz CT molecular complexity index is 1420. The Labute approximate surface area is 267 Å². The van der Waals surface area contributed by atoms with Crippen molar-refractivity contribution < 1.29 is 23.5 Å². The summed E-state index contributed by atoms with van der Waals surface area (Å²) in [5.41, 5.74) is 3.78. The van der Waals surface area contributed by atoms with Crippen LogP contribution in [0.2, 0.25) is 0 Å². The zero-order valence-electron chi connectivity index (χ0n) is 27.6. The zero-order chi connectivity index (χ0) is 33.1. The predicted molar refractivity (Wildman–Crippen MR) is 177 cm³/mol. The lowest BCUT2D eigenvalue weighted by Gasteiger charge is -2.31. The zero-order valence-corrected chi connectivity index (χ0v) is 27.6. The van der Waals surface area contributed by atoms with Crippen LogP contribution in [0.4, 0.5) is 8.78 Å². The Kier molecular flexibility index (Phi) is 13.2. The molecule has 244 valence electrons. The first kappa shape index (κ1) is 35.9. The molecule has 2 amide bonds. The van der Waals surface area contributed by atoms with E-state index in [2.05, 4.69) is 35.8 Å². The minimum atomic E-state index is -1.09. The summed E-state index contributed by atoms with van der Waals surface area (Å²) in [4.78, 5) is 28.7. The van der Waals surface area contributed by atoms with E-state index in [4.69, 9.17) is 0 Å². The van der Waals surface area contributed by atoms with Crippen molar-refractivity contribution >= 4 is 11.8 Å². The number of aliphatic hydroxyl groups is 1. The monoisotopic (exact) mass is 621 g/mol. The minimum absolute atomic E-state index is 0.000617. The van der Waals surface area contributed by atoms with Gasteiger partial charge in [-0.15, -0.1) is 0 Å². The van der Waals surface area contributed by atoms with Crippen LogP contribution in [-0.2, 0) is 19.3 Å². The molecule has 45 heavy (non-hydrogen) atoms. The van der Waals surface area contributed by atoms with Crippen molar-refractivity contribution in [3.05, 3.63) is 106 Å². The quantitative estimate of drug-likeness (QED) is 0.173. The van der Waals surface area contributed by atoms with E-state index in [1.165, 1.54) is 23.3 Å². The number of aliphatic hydroxyl groups excluding tert-OH is 1. The van der Waals surface area contributed by atoms with Gasteiger partial charge in [0.1, 0.15) is 11.6 Å². The number of nitrogens with one attached hydrogen (secondary N) is 2. The Morgan fingerprint density at radius 3 is 2.11 bits per heavy atom. The van der Waals surface area contributed by atoms with Gasteiger partial charge in [0.15, 0.2) is 0 Å². The number of rotatable bonds is 16. The summed E-state index contributed by atoms with van der Waals surface area (Å²) in [5, 5.41) is 17.7. The number of carbonyl (C=O) groups is 2. The normalized spacial score (nSPS) is 12.9. The van der Waals surface area contributed by atoms with Gasteiger partial charge in [-0.25, -0.2) is 8.78 Å². The fraction of sp³-hybridized carbons (Fsp3) is 0.459. The molecule has 0 saturated heterocycles. The number of hydrogen-bond donors (Lipinski definition) is 3. The molecule has 3 rings (SSSR count). The number of amides is 2. The third-order valence-corrected chi connectivity index (χ3v) is 7.86. The van der Waals surface area contributed by atoms with Crippen molar-refractivity contribution in [3.8, 4) is 0 Å². The van der Waals surface area contributed by atoms with E-state index in [0.717, 1.165) is 30.9 Å². The minimum Gasteiger partial charge on any atom is -0.390 e. The van der Waals surface area contributed by atoms with E-state index in [1.807, 2.05) is 40.7 Å². The molecule has 0 aliphatic carbocycles. The first-order valence-corrected chi connectivity index (χ1v) is 16.0. The Hall–Kier alpha value is -3.62. The second kappa shape index (κ2) is 16.6. The predicted octanol–water partition coefficient (Wildman–Crippen LogP) is 6.41. The van der Waals surface area contributed by atoms with Gasteiger partial charge in [-0.2, -0.15) is 0 Å². The standard InChI is InChI=1S/C37H49F2N3O3/c1-7-13-42(14-8-2)36(45)30-16-25(4)15-29(21-30)35(44)41-33(20-28-18-31(38)22-32(39)19-28)34(43)24-40-37(5,6)23-27-12-10-11-26(9-3)17-27/h10-12,15-19,21-22,33-34,40,43H,7-9,13-14,20,23-24H2,1-6H3,(H,41,44)/t33-,34+/m0/s1. The first-order valence-electron chi connectivity index (χ1n) is 16.0. The third-order valence-electron chi connectivity index (χ3n) is 7.86. The molecule has 0 radical (unpaired) electrons. The maximum absolute atomic E-state index is 14.1. The van der Waals surface area contributed by atoms with E-state index in [0.29, 0.717) is 30.6 Å². The summed E-state index contributed by atoms with van der Waals surface area (Å²) < 4.78 is 28.1. The lowest BCUT2D eigenvalue weighted by molar-refractivity contribution is 0.0755. The summed E-state index contributed by atoms with van der Waals surface area (Å²) in [7, 11) is 0. The van der Waals surface area contributed by atoms with Gasteiger partial charge in [-0.3, -0.25) is 9.59 Å². The van der Waals surface area contributed by atoms with Crippen LogP contribution >= 0.6 is 0 Å². The van der Waals surface area contributed by atoms with Gasteiger partial charge in [0.2, 0.25) is 0 Å². The maximum atomic E-state index is 14.1. The van der Waals surface area contributed by atoms with Crippen molar-refractivity contribution in [2.75, 3.05) is 19.6 Å².